The Balaban J connectivity index is 2.30. The fourth-order valence-corrected chi connectivity index (χ4v) is 2.42. The van der Waals surface area contributed by atoms with Crippen LogP contribution in [-0.2, 0) is 0 Å². The summed E-state index contributed by atoms with van der Waals surface area (Å²) in [5.74, 6) is 1.39. The van der Waals surface area contributed by atoms with Crippen molar-refractivity contribution in [3.8, 4) is 11.5 Å². The van der Waals surface area contributed by atoms with Gasteiger partial charge in [0.25, 0.3) is 0 Å². The molecule has 1 heterocycles. The van der Waals surface area contributed by atoms with Crippen molar-refractivity contribution in [1.29, 1.82) is 0 Å². The average molecular weight is 264 g/mol. The SMILES string of the molecule is CCN1CC(c2ccc(OC)c(OC)c2)N(C)C1=O. The van der Waals surface area contributed by atoms with E-state index in [0.29, 0.717) is 18.0 Å². The van der Waals surface area contributed by atoms with Crippen LogP contribution < -0.4 is 9.47 Å². The van der Waals surface area contributed by atoms with Crippen LogP contribution in [0.2, 0.25) is 0 Å². The Morgan fingerprint density at radius 3 is 2.47 bits per heavy atom. The van der Waals surface area contributed by atoms with Gasteiger partial charge in [0.2, 0.25) is 0 Å². The molecule has 0 spiro atoms. The van der Waals surface area contributed by atoms with E-state index in [9.17, 15) is 4.79 Å². The first-order chi connectivity index (χ1) is 9.12. The minimum Gasteiger partial charge on any atom is -0.493 e. The van der Waals surface area contributed by atoms with Crippen LogP contribution in [0.15, 0.2) is 18.2 Å². The molecule has 1 aliphatic heterocycles. The first kappa shape index (κ1) is 13.5. The number of hydrogen-bond acceptors (Lipinski definition) is 3. The molecule has 0 radical (unpaired) electrons. The number of rotatable bonds is 4. The van der Waals surface area contributed by atoms with Crippen molar-refractivity contribution < 1.29 is 14.3 Å². The third kappa shape index (κ3) is 2.32. The Kier molecular flexibility index (Phi) is 3.83. The molecule has 1 saturated heterocycles. The highest BCUT2D eigenvalue weighted by Gasteiger charge is 2.34. The first-order valence-electron chi connectivity index (χ1n) is 6.36. The van der Waals surface area contributed by atoms with Gasteiger partial charge in [-0.25, -0.2) is 4.79 Å². The average Bonchev–Trinajstić information content (AvgIpc) is 2.74. The van der Waals surface area contributed by atoms with Gasteiger partial charge in [0.1, 0.15) is 0 Å². The van der Waals surface area contributed by atoms with Crippen LogP contribution in [0.1, 0.15) is 18.5 Å². The third-order valence-electron chi connectivity index (χ3n) is 3.61. The summed E-state index contributed by atoms with van der Waals surface area (Å²) in [6, 6.07) is 5.93. The van der Waals surface area contributed by atoms with Gasteiger partial charge in [-0.15, -0.1) is 0 Å². The third-order valence-corrected chi connectivity index (χ3v) is 3.61. The summed E-state index contributed by atoms with van der Waals surface area (Å²) < 4.78 is 10.5. The summed E-state index contributed by atoms with van der Waals surface area (Å²) in [7, 11) is 5.06. The normalized spacial score (nSPS) is 18.9. The van der Waals surface area contributed by atoms with E-state index in [1.54, 1.807) is 19.1 Å². The minimum absolute atomic E-state index is 0.0623. The highest BCUT2D eigenvalue weighted by atomic mass is 16.5. The second-order valence-electron chi connectivity index (χ2n) is 4.56. The molecule has 0 aromatic heterocycles. The monoisotopic (exact) mass is 264 g/mol. The number of likely N-dealkylation sites (N-methyl/N-ethyl adjacent to an activating group) is 2. The van der Waals surface area contributed by atoms with Crippen molar-refractivity contribution in [2.24, 2.45) is 0 Å². The molecule has 19 heavy (non-hydrogen) atoms. The second-order valence-corrected chi connectivity index (χ2v) is 4.56. The van der Waals surface area contributed by atoms with Crippen LogP contribution in [0.5, 0.6) is 11.5 Å². The van der Waals surface area contributed by atoms with Crippen LogP contribution in [-0.4, -0.2) is 50.2 Å². The Morgan fingerprint density at radius 1 is 1.26 bits per heavy atom. The zero-order valence-corrected chi connectivity index (χ0v) is 11.8. The van der Waals surface area contributed by atoms with E-state index >= 15 is 0 Å². The van der Waals surface area contributed by atoms with E-state index in [2.05, 4.69) is 0 Å². The van der Waals surface area contributed by atoms with E-state index < -0.39 is 0 Å². The summed E-state index contributed by atoms with van der Waals surface area (Å²) in [4.78, 5) is 15.6. The van der Waals surface area contributed by atoms with E-state index in [4.69, 9.17) is 9.47 Å². The Labute approximate surface area is 113 Å². The van der Waals surface area contributed by atoms with Crippen LogP contribution in [0.3, 0.4) is 0 Å². The van der Waals surface area contributed by atoms with E-state index in [1.807, 2.05) is 37.1 Å². The van der Waals surface area contributed by atoms with Gasteiger partial charge < -0.3 is 19.3 Å². The molecule has 1 aromatic rings. The maximum absolute atomic E-state index is 12.0. The number of carbonyl (C=O) groups is 1. The summed E-state index contributed by atoms with van der Waals surface area (Å²) in [5.41, 5.74) is 1.06. The largest absolute Gasteiger partial charge is 0.493 e. The van der Waals surface area contributed by atoms with Gasteiger partial charge in [0, 0.05) is 20.1 Å². The van der Waals surface area contributed by atoms with Crippen LogP contribution >= 0.6 is 0 Å². The van der Waals surface area contributed by atoms with Gasteiger partial charge in [-0.05, 0) is 24.6 Å². The molecule has 0 saturated carbocycles. The molecule has 1 unspecified atom stereocenters. The lowest BCUT2D eigenvalue weighted by Crippen LogP contribution is -2.29. The van der Waals surface area contributed by atoms with Crippen molar-refractivity contribution in [2.75, 3.05) is 34.4 Å². The number of carbonyl (C=O) groups excluding carboxylic acids is 1. The Morgan fingerprint density at radius 2 is 1.95 bits per heavy atom. The molecular weight excluding hydrogens is 244 g/mol. The summed E-state index contributed by atoms with van der Waals surface area (Å²) >= 11 is 0. The topological polar surface area (TPSA) is 42.0 Å². The quantitative estimate of drug-likeness (QED) is 0.836. The number of hydrogen-bond donors (Lipinski definition) is 0. The minimum atomic E-state index is 0.0623. The number of urea groups is 1. The molecular formula is C14H20N2O3. The lowest BCUT2D eigenvalue weighted by atomic mass is 10.1. The maximum Gasteiger partial charge on any atom is 0.320 e. The summed E-state index contributed by atoms with van der Waals surface area (Å²) in [5, 5.41) is 0. The van der Waals surface area contributed by atoms with Gasteiger partial charge in [-0.2, -0.15) is 0 Å². The molecule has 1 aromatic carbocycles. The standard InChI is InChI=1S/C14H20N2O3/c1-5-16-9-11(15(2)14(16)17)10-6-7-12(18-3)13(8-10)19-4/h6-8,11H,5,9H2,1-4H3. The smallest absolute Gasteiger partial charge is 0.320 e. The van der Waals surface area contributed by atoms with Crippen LogP contribution in [0.4, 0.5) is 4.79 Å². The maximum atomic E-state index is 12.0. The van der Waals surface area contributed by atoms with Crippen molar-refractivity contribution in [1.82, 2.24) is 9.80 Å². The van der Waals surface area contributed by atoms with Crippen molar-refractivity contribution in [3.05, 3.63) is 23.8 Å². The molecule has 5 heteroatoms. The lowest BCUT2D eigenvalue weighted by molar-refractivity contribution is 0.197. The second kappa shape index (κ2) is 5.38. The molecule has 1 fully saturated rings. The zero-order chi connectivity index (χ0) is 14.0. The van der Waals surface area contributed by atoms with Gasteiger partial charge >= 0.3 is 6.03 Å². The molecule has 2 amide bonds. The number of amides is 2. The lowest BCUT2D eigenvalue weighted by Gasteiger charge is -2.19. The van der Waals surface area contributed by atoms with Gasteiger partial charge in [-0.3, -0.25) is 0 Å². The predicted molar refractivity (Wildman–Crippen MR) is 72.7 cm³/mol. The van der Waals surface area contributed by atoms with Crippen LogP contribution in [0, 0.1) is 0 Å². The Bertz CT molecular complexity index is 476. The molecule has 0 bridgehead atoms. The molecule has 1 aliphatic rings. The van der Waals surface area contributed by atoms with E-state index in [0.717, 1.165) is 12.1 Å². The number of benzene rings is 1. The number of nitrogens with zero attached hydrogens (tertiary/aromatic N) is 2. The molecule has 0 aliphatic carbocycles. The van der Waals surface area contributed by atoms with Gasteiger partial charge in [0.05, 0.1) is 20.3 Å². The van der Waals surface area contributed by atoms with E-state index in [1.165, 1.54) is 0 Å². The predicted octanol–water partition coefficient (Wildman–Crippen LogP) is 2.13. The highest BCUT2D eigenvalue weighted by molar-refractivity contribution is 5.77. The molecule has 0 N–H and O–H groups in total. The van der Waals surface area contributed by atoms with Crippen molar-refractivity contribution in [2.45, 2.75) is 13.0 Å². The fourth-order valence-electron chi connectivity index (χ4n) is 2.42. The first-order valence-corrected chi connectivity index (χ1v) is 6.36. The number of methoxy groups -OCH3 is 2. The highest BCUT2D eigenvalue weighted by Crippen LogP contribution is 2.34. The fraction of sp³-hybridized carbons (Fsp3) is 0.500. The summed E-state index contributed by atoms with van der Waals surface area (Å²) in [6.45, 7) is 3.43. The van der Waals surface area contributed by atoms with Gasteiger partial charge in [0.15, 0.2) is 11.5 Å². The zero-order valence-electron chi connectivity index (χ0n) is 11.8. The number of ether oxygens (including phenoxy) is 2. The molecule has 104 valence electrons. The van der Waals surface area contributed by atoms with Crippen molar-refractivity contribution in [3.63, 3.8) is 0 Å². The molecule has 2 rings (SSSR count). The Hall–Kier alpha value is -1.91. The molecule has 1 atom stereocenters. The van der Waals surface area contributed by atoms with E-state index in [-0.39, 0.29) is 12.1 Å². The molecule has 5 nitrogen and oxygen atoms in total. The van der Waals surface area contributed by atoms with Crippen LogP contribution in [0.25, 0.3) is 0 Å². The van der Waals surface area contributed by atoms with Gasteiger partial charge in [-0.1, -0.05) is 6.07 Å². The van der Waals surface area contributed by atoms with Crippen molar-refractivity contribution >= 4 is 6.03 Å². The summed E-state index contributed by atoms with van der Waals surface area (Å²) in [6.07, 6.45) is 0.